The number of anilines is 2. The van der Waals surface area contributed by atoms with Gasteiger partial charge in [0.15, 0.2) is 0 Å². The van der Waals surface area contributed by atoms with Crippen molar-refractivity contribution in [2.45, 2.75) is 18.9 Å². The van der Waals surface area contributed by atoms with E-state index in [2.05, 4.69) is 34.1 Å². The number of amides is 1. The molecule has 132 valence electrons. The van der Waals surface area contributed by atoms with Crippen molar-refractivity contribution < 1.29 is 4.79 Å². The predicted octanol–water partition coefficient (Wildman–Crippen LogP) is 2.89. The number of pyridine rings is 1. The van der Waals surface area contributed by atoms with Crippen LogP contribution in [0.4, 0.5) is 11.4 Å². The fourth-order valence-electron chi connectivity index (χ4n) is 3.31. The zero-order valence-electron chi connectivity index (χ0n) is 15.2. The average Bonchev–Trinajstić information content (AvgIpc) is 2.67. The van der Waals surface area contributed by atoms with E-state index in [1.807, 2.05) is 49.1 Å². The van der Waals surface area contributed by atoms with Crippen molar-refractivity contribution in [2.75, 3.05) is 44.0 Å². The van der Waals surface area contributed by atoms with Gasteiger partial charge in [-0.15, -0.1) is 0 Å². The summed E-state index contributed by atoms with van der Waals surface area (Å²) in [5.41, 5.74) is 2.72. The quantitative estimate of drug-likeness (QED) is 0.859. The number of hydrogen-bond acceptors (Lipinski definition) is 4. The highest BCUT2D eigenvalue weighted by Gasteiger charge is 2.27. The van der Waals surface area contributed by atoms with Gasteiger partial charge in [-0.3, -0.25) is 9.78 Å². The minimum Gasteiger partial charge on any atom is -0.378 e. The number of likely N-dealkylation sites (N-methyl/N-ethyl adjacent to an activating group) is 1. The predicted molar refractivity (Wildman–Crippen MR) is 102 cm³/mol. The van der Waals surface area contributed by atoms with Crippen LogP contribution in [0.25, 0.3) is 0 Å². The number of benzene rings is 1. The molecule has 1 aliphatic heterocycles. The van der Waals surface area contributed by atoms with Gasteiger partial charge in [0.2, 0.25) is 0 Å². The Bertz CT molecular complexity index is 717. The number of hydrogen-bond donors (Lipinski definition) is 0. The molecule has 0 radical (unpaired) electrons. The molecule has 25 heavy (non-hydrogen) atoms. The van der Waals surface area contributed by atoms with Crippen LogP contribution in [0.1, 0.15) is 23.3 Å². The highest BCUT2D eigenvalue weighted by molar-refractivity contribution is 5.93. The molecule has 5 nitrogen and oxygen atoms in total. The molecule has 1 amide bonds. The summed E-state index contributed by atoms with van der Waals surface area (Å²) < 4.78 is 0. The Kier molecular flexibility index (Phi) is 5.22. The van der Waals surface area contributed by atoms with Crippen LogP contribution in [0.5, 0.6) is 0 Å². The Hall–Kier alpha value is -2.56. The number of carbonyl (C=O) groups excluding carboxylic acids is 1. The Morgan fingerprint density at radius 3 is 2.64 bits per heavy atom. The van der Waals surface area contributed by atoms with E-state index in [1.165, 1.54) is 5.69 Å². The van der Waals surface area contributed by atoms with E-state index in [1.54, 1.807) is 6.20 Å². The number of piperidine rings is 1. The number of carbonyl (C=O) groups is 1. The first kappa shape index (κ1) is 17.3. The van der Waals surface area contributed by atoms with E-state index in [9.17, 15) is 4.79 Å². The molecule has 5 heteroatoms. The van der Waals surface area contributed by atoms with Crippen LogP contribution in [-0.4, -0.2) is 56.1 Å². The van der Waals surface area contributed by atoms with E-state index in [-0.39, 0.29) is 11.9 Å². The normalized spacial score (nSPS) is 17.2. The Morgan fingerprint density at radius 2 is 1.92 bits per heavy atom. The SMILES string of the molecule is CN(C)c1ccnc(C(=O)N(C)[C@@H]2CCCN(c3ccccc3)C2)c1. The Balaban J connectivity index is 1.72. The van der Waals surface area contributed by atoms with Crippen molar-refractivity contribution in [3.05, 3.63) is 54.4 Å². The second kappa shape index (κ2) is 7.55. The van der Waals surface area contributed by atoms with Crippen LogP contribution in [0.15, 0.2) is 48.7 Å². The summed E-state index contributed by atoms with van der Waals surface area (Å²) in [7, 11) is 5.82. The molecule has 1 saturated heterocycles. The number of aromatic nitrogens is 1. The van der Waals surface area contributed by atoms with Gasteiger partial charge in [-0.2, -0.15) is 0 Å². The lowest BCUT2D eigenvalue weighted by molar-refractivity contribution is 0.0711. The zero-order chi connectivity index (χ0) is 17.8. The van der Waals surface area contributed by atoms with Crippen LogP contribution in [-0.2, 0) is 0 Å². The standard InChI is InChI=1S/C20H26N4O/c1-22(2)17-11-12-21-19(14-17)20(25)23(3)18-10-7-13-24(15-18)16-8-5-4-6-9-16/h4-6,8-9,11-12,14,18H,7,10,13,15H2,1-3H3/t18-/m1/s1. The first-order valence-electron chi connectivity index (χ1n) is 8.77. The van der Waals surface area contributed by atoms with E-state index in [0.717, 1.165) is 31.6 Å². The van der Waals surface area contributed by atoms with E-state index >= 15 is 0 Å². The van der Waals surface area contributed by atoms with Gasteiger partial charge in [-0.25, -0.2) is 0 Å². The number of rotatable bonds is 4. The molecule has 1 atom stereocenters. The molecule has 0 aliphatic carbocycles. The molecule has 2 heterocycles. The van der Waals surface area contributed by atoms with Gasteiger partial charge in [0.25, 0.3) is 5.91 Å². The highest BCUT2D eigenvalue weighted by Crippen LogP contribution is 2.23. The van der Waals surface area contributed by atoms with Crippen molar-refractivity contribution >= 4 is 17.3 Å². The van der Waals surface area contributed by atoms with Crippen LogP contribution < -0.4 is 9.80 Å². The Labute approximate surface area is 149 Å². The van der Waals surface area contributed by atoms with Gasteiger partial charge in [0.1, 0.15) is 5.69 Å². The molecule has 0 bridgehead atoms. The van der Waals surface area contributed by atoms with Crippen molar-refractivity contribution in [1.29, 1.82) is 0 Å². The van der Waals surface area contributed by atoms with Gasteiger partial charge in [0, 0.05) is 57.8 Å². The summed E-state index contributed by atoms with van der Waals surface area (Å²) in [5, 5.41) is 0. The summed E-state index contributed by atoms with van der Waals surface area (Å²) >= 11 is 0. The van der Waals surface area contributed by atoms with Crippen LogP contribution in [0.2, 0.25) is 0 Å². The maximum atomic E-state index is 12.9. The van der Waals surface area contributed by atoms with Crippen molar-refractivity contribution in [3.63, 3.8) is 0 Å². The third-order valence-corrected chi connectivity index (χ3v) is 4.86. The minimum atomic E-state index is -0.0105. The van der Waals surface area contributed by atoms with Crippen molar-refractivity contribution in [3.8, 4) is 0 Å². The third kappa shape index (κ3) is 3.92. The Morgan fingerprint density at radius 1 is 1.16 bits per heavy atom. The van der Waals surface area contributed by atoms with E-state index in [0.29, 0.717) is 5.69 Å². The minimum absolute atomic E-state index is 0.0105. The lowest BCUT2D eigenvalue weighted by atomic mass is 10.0. The maximum absolute atomic E-state index is 12.9. The molecule has 3 rings (SSSR count). The largest absolute Gasteiger partial charge is 0.378 e. The summed E-state index contributed by atoms with van der Waals surface area (Å²) in [4.78, 5) is 23.4. The molecule has 0 N–H and O–H groups in total. The van der Waals surface area contributed by atoms with E-state index < -0.39 is 0 Å². The van der Waals surface area contributed by atoms with Crippen LogP contribution in [0, 0.1) is 0 Å². The summed E-state index contributed by atoms with van der Waals surface area (Å²) in [5.74, 6) is -0.0105. The topological polar surface area (TPSA) is 39.7 Å². The molecular formula is C20H26N4O. The fraction of sp³-hybridized carbons (Fsp3) is 0.400. The van der Waals surface area contributed by atoms with Gasteiger partial charge >= 0.3 is 0 Å². The summed E-state index contributed by atoms with van der Waals surface area (Å²) in [6.07, 6.45) is 3.81. The fourth-order valence-corrected chi connectivity index (χ4v) is 3.31. The average molecular weight is 338 g/mol. The van der Waals surface area contributed by atoms with Gasteiger partial charge in [-0.05, 0) is 37.1 Å². The second-order valence-corrected chi connectivity index (χ2v) is 6.79. The summed E-state index contributed by atoms with van der Waals surface area (Å²) in [6, 6.07) is 14.4. The highest BCUT2D eigenvalue weighted by atomic mass is 16.2. The molecule has 1 aromatic carbocycles. The monoisotopic (exact) mass is 338 g/mol. The molecule has 0 spiro atoms. The maximum Gasteiger partial charge on any atom is 0.272 e. The molecule has 0 unspecified atom stereocenters. The lowest BCUT2D eigenvalue weighted by Gasteiger charge is -2.38. The van der Waals surface area contributed by atoms with Crippen molar-refractivity contribution in [1.82, 2.24) is 9.88 Å². The molecule has 0 saturated carbocycles. The number of para-hydroxylation sites is 1. The molecule has 1 aromatic heterocycles. The summed E-state index contributed by atoms with van der Waals surface area (Å²) in [6.45, 7) is 1.90. The molecule has 1 fully saturated rings. The van der Waals surface area contributed by atoms with Gasteiger partial charge < -0.3 is 14.7 Å². The van der Waals surface area contributed by atoms with Crippen molar-refractivity contribution in [2.24, 2.45) is 0 Å². The molecule has 2 aromatic rings. The lowest BCUT2D eigenvalue weighted by Crippen LogP contribution is -2.48. The molecule has 1 aliphatic rings. The zero-order valence-corrected chi connectivity index (χ0v) is 15.2. The number of nitrogens with zero attached hydrogens (tertiary/aromatic N) is 4. The smallest absolute Gasteiger partial charge is 0.272 e. The van der Waals surface area contributed by atoms with Gasteiger partial charge in [0.05, 0.1) is 0 Å². The third-order valence-electron chi connectivity index (χ3n) is 4.86. The van der Waals surface area contributed by atoms with Gasteiger partial charge in [-0.1, -0.05) is 18.2 Å². The van der Waals surface area contributed by atoms with Crippen LogP contribution >= 0.6 is 0 Å². The van der Waals surface area contributed by atoms with E-state index in [4.69, 9.17) is 0 Å². The second-order valence-electron chi connectivity index (χ2n) is 6.79. The molecular weight excluding hydrogens is 312 g/mol. The first-order chi connectivity index (χ1) is 12.1. The first-order valence-corrected chi connectivity index (χ1v) is 8.77. The van der Waals surface area contributed by atoms with Crippen LogP contribution in [0.3, 0.4) is 0 Å².